The van der Waals surface area contributed by atoms with Crippen LogP contribution in [0.1, 0.15) is 78.2 Å². The predicted octanol–water partition coefficient (Wildman–Crippen LogP) is 4.09. The smallest absolute Gasteiger partial charge is 0.377 e. The summed E-state index contributed by atoms with van der Waals surface area (Å²) in [5.74, 6) is -0.00489. The van der Waals surface area contributed by atoms with Gasteiger partial charge in [-0.3, -0.25) is 9.48 Å². The van der Waals surface area contributed by atoms with Crippen molar-refractivity contribution < 1.29 is 22.6 Å². The maximum atomic E-state index is 13.6. The van der Waals surface area contributed by atoms with Crippen molar-refractivity contribution >= 4 is 5.65 Å². The monoisotopic (exact) mass is 515 g/mol. The number of hydrogen-bond donors (Lipinski definition) is 0. The van der Waals surface area contributed by atoms with Crippen LogP contribution < -0.4 is 5.56 Å². The van der Waals surface area contributed by atoms with E-state index < -0.39 is 17.0 Å². The van der Waals surface area contributed by atoms with E-state index >= 15 is 0 Å². The van der Waals surface area contributed by atoms with E-state index in [0.717, 1.165) is 11.1 Å². The lowest BCUT2D eigenvalue weighted by Gasteiger charge is -2.70. The summed E-state index contributed by atoms with van der Waals surface area (Å²) in [5.41, 5.74) is 1.43. The number of fused-ring (bicyclic) bond motifs is 1. The van der Waals surface area contributed by atoms with Crippen LogP contribution in [0.5, 0.6) is 0 Å². The minimum Gasteiger partial charge on any atom is -0.377 e. The van der Waals surface area contributed by atoms with Crippen LogP contribution >= 0.6 is 0 Å². The lowest BCUT2D eigenvalue weighted by atomic mass is 9.33. The summed E-state index contributed by atoms with van der Waals surface area (Å²) in [5, 5.41) is 9.20. The number of aryl methyl sites for hydroxylation is 1. The zero-order chi connectivity index (χ0) is 25.7. The number of ether oxygens (including phenoxy) is 2. The van der Waals surface area contributed by atoms with Gasteiger partial charge in [0.15, 0.2) is 5.65 Å². The molecule has 3 aliphatic carbocycles. The highest BCUT2D eigenvalue weighted by atomic mass is 19.4. The van der Waals surface area contributed by atoms with E-state index in [1.165, 1.54) is 4.52 Å². The first kappa shape index (κ1) is 23.3. The topological polar surface area (TPSA) is 83.5 Å². The van der Waals surface area contributed by atoms with Gasteiger partial charge in [-0.15, -0.1) is 0 Å². The van der Waals surface area contributed by atoms with Gasteiger partial charge in [-0.2, -0.15) is 27.9 Å². The molecule has 3 saturated carbocycles. The minimum atomic E-state index is -4.21. The van der Waals surface area contributed by atoms with E-state index in [4.69, 9.17) is 14.6 Å². The van der Waals surface area contributed by atoms with Gasteiger partial charge in [-0.05, 0) is 52.0 Å². The molecule has 196 valence electrons. The van der Waals surface area contributed by atoms with Gasteiger partial charge in [-0.25, -0.2) is 4.98 Å². The zero-order valence-corrected chi connectivity index (χ0v) is 20.7. The molecule has 8 rings (SSSR count). The number of alkyl halides is 3. The van der Waals surface area contributed by atoms with Crippen molar-refractivity contribution in [3.05, 3.63) is 56.9 Å². The van der Waals surface area contributed by atoms with Crippen LogP contribution in [-0.4, -0.2) is 50.4 Å². The molecule has 0 unspecified atom stereocenters. The van der Waals surface area contributed by atoms with Crippen LogP contribution in [-0.2, 0) is 14.9 Å². The van der Waals surface area contributed by atoms with Gasteiger partial charge in [0.05, 0.1) is 42.7 Å². The van der Waals surface area contributed by atoms with Crippen molar-refractivity contribution in [3.63, 3.8) is 0 Å². The molecule has 2 bridgehead atoms. The first-order valence-corrected chi connectivity index (χ1v) is 12.8. The Balaban J connectivity index is 1.25. The highest BCUT2D eigenvalue weighted by Gasteiger charge is 2.79. The highest BCUT2D eigenvalue weighted by Crippen LogP contribution is 2.78. The maximum absolute atomic E-state index is 13.6. The Hall–Kier alpha value is -2.79. The first-order chi connectivity index (χ1) is 17.6. The second-order valence-electron chi connectivity index (χ2n) is 11.5. The Morgan fingerprint density at radius 3 is 2.59 bits per heavy atom. The Kier molecular flexibility index (Phi) is 4.81. The van der Waals surface area contributed by atoms with E-state index in [1.54, 1.807) is 13.8 Å². The minimum absolute atomic E-state index is 0.00489. The Morgan fingerprint density at radius 2 is 1.92 bits per heavy atom. The van der Waals surface area contributed by atoms with Gasteiger partial charge in [0.1, 0.15) is 0 Å². The van der Waals surface area contributed by atoms with Crippen LogP contribution in [0.3, 0.4) is 0 Å². The molecule has 0 N–H and O–H groups in total. The maximum Gasteiger partial charge on any atom is 0.394 e. The van der Waals surface area contributed by atoms with Crippen LogP contribution in [0.25, 0.3) is 5.65 Å². The lowest BCUT2D eigenvalue weighted by Crippen LogP contribution is -2.70. The molecule has 11 heteroatoms. The second kappa shape index (κ2) is 7.63. The summed E-state index contributed by atoms with van der Waals surface area (Å²) in [7, 11) is 0. The van der Waals surface area contributed by atoms with Gasteiger partial charge in [-0.1, -0.05) is 0 Å². The van der Waals surface area contributed by atoms with Gasteiger partial charge >= 0.3 is 6.18 Å². The third kappa shape index (κ3) is 3.29. The average Bonchev–Trinajstić information content (AvgIpc) is 3.23. The summed E-state index contributed by atoms with van der Waals surface area (Å²) in [6.07, 6.45) is 0.947. The van der Waals surface area contributed by atoms with Crippen LogP contribution in [0.4, 0.5) is 13.2 Å². The van der Waals surface area contributed by atoms with E-state index in [2.05, 4.69) is 10.1 Å². The zero-order valence-electron chi connectivity index (χ0n) is 20.7. The summed E-state index contributed by atoms with van der Waals surface area (Å²) < 4.78 is 55.5. The van der Waals surface area contributed by atoms with E-state index in [9.17, 15) is 18.0 Å². The molecule has 3 aromatic rings. The molecule has 5 aliphatic rings. The summed E-state index contributed by atoms with van der Waals surface area (Å²) in [6.45, 7) is 5.29. The largest absolute Gasteiger partial charge is 0.394 e. The lowest BCUT2D eigenvalue weighted by molar-refractivity contribution is -0.336. The second-order valence-corrected chi connectivity index (χ2v) is 11.5. The molecule has 0 amide bonds. The van der Waals surface area contributed by atoms with Crippen molar-refractivity contribution in [3.8, 4) is 0 Å². The molecular weight excluding hydrogens is 487 g/mol. The molecule has 37 heavy (non-hydrogen) atoms. The van der Waals surface area contributed by atoms with Crippen molar-refractivity contribution in [2.75, 3.05) is 19.8 Å². The van der Waals surface area contributed by atoms with Crippen LogP contribution in [0, 0.1) is 19.3 Å². The number of hydrogen-bond acceptors (Lipinski definition) is 6. The Labute approximate surface area is 210 Å². The third-order valence-electron chi connectivity index (χ3n) is 9.17. The summed E-state index contributed by atoms with van der Waals surface area (Å²) in [4.78, 5) is 17.9. The molecule has 0 radical (unpaired) electrons. The predicted molar refractivity (Wildman–Crippen MR) is 125 cm³/mol. The van der Waals surface area contributed by atoms with Crippen molar-refractivity contribution in [2.24, 2.45) is 5.41 Å². The number of nitrogens with zero attached hydrogens (tertiary/aromatic N) is 5. The number of halogens is 3. The fourth-order valence-corrected chi connectivity index (χ4v) is 6.68. The molecular formula is C26H28F3N5O3. The summed E-state index contributed by atoms with van der Waals surface area (Å²) in [6, 6.07) is 2.18. The summed E-state index contributed by atoms with van der Waals surface area (Å²) >= 11 is 0. The molecule has 8 nitrogen and oxygen atoms in total. The van der Waals surface area contributed by atoms with E-state index in [0.29, 0.717) is 55.3 Å². The highest BCUT2D eigenvalue weighted by molar-refractivity contribution is 5.57. The molecule has 2 saturated heterocycles. The average molecular weight is 516 g/mol. The molecule has 3 aromatic heterocycles. The molecule has 5 heterocycles. The third-order valence-corrected chi connectivity index (χ3v) is 9.17. The van der Waals surface area contributed by atoms with Crippen LogP contribution in [0.15, 0.2) is 23.3 Å². The van der Waals surface area contributed by atoms with E-state index in [1.807, 2.05) is 23.1 Å². The fourth-order valence-electron chi connectivity index (χ4n) is 6.68. The van der Waals surface area contributed by atoms with E-state index in [-0.39, 0.29) is 42.9 Å². The Bertz CT molecular complexity index is 1450. The molecule has 2 aliphatic heterocycles. The standard InChI is InChI=1S/C26H28F3N5O3/c1-14-15(2)31-22-19(24-11-25(12-24,13-24)26(27,28)29)6-20(32-34(22)23(14)35)16-3-4-37-21(5-16)17-7-30-33(8-17)18-9-36-10-18/h6-8,16,18,21H,3-5,9-13H2,1-2H3/t16-,21+,24?,25?/m1/s1. The first-order valence-electron chi connectivity index (χ1n) is 12.8. The SMILES string of the molecule is Cc1nc2c(C34CC(C(F)(F)F)(C3)C4)cc([C@@H]3CCO[C@H](c4cnn(C5COC5)c4)C3)nn2c(=O)c1C. The van der Waals surface area contributed by atoms with Gasteiger partial charge in [0, 0.05) is 46.5 Å². The molecule has 0 spiro atoms. The quantitative estimate of drug-likeness (QED) is 0.521. The fraction of sp³-hybridized carbons (Fsp3) is 0.615. The number of aromatic nitrogens is 5. The molecule has 0 aromatic carbocycles. The van der Waals surface area contributed by atoms with Crippen molar-refractivity contribution in [1.82, 2.24) is 24.4 Å². The van der Waals surface area contributed by atoms with Gasteiger partial charge < -0.3 is 9.47 Å². The van der Waals surface area contributed by atoms with Crippen molar-refractivity contribution in [2.45, 2.75) is 75.6 Å². The molecule has 5 fully saturated rings. The van der Waals surface area contributed by atoms with Crippen molar-refractivity contribution in [1.29, 1.82) is 0 Å². The molecule has 2 atom stereocenters. The normalized spacial score (nSPS) is 31.6. The van der Waals surface area contributed by atoms with Gasteiger partial charge in [0.25, 0.3) is 5.56 Å². The van der Waals surface area contributed by atoms with Gasteiger partial charge in [0.2, 0.25) is 0 Å². The Morgan fingerprint density at radius 1 is 1.16 bits per heavy atom. The van der Waals surface area contributed by atoms with Crippen LogP contribution in [0.2, 0.25) is 0 Å². The number of rotatable bonds is 4.